The Balaban J connectivity index is 0.000000180. The number of hydrogen-bond acceptors (Lipinski definition) is 12. The number of phenolic OH excluding ortho intramolecular Hbond substituents is 1. The number of nitrogens with two attached hydrogens (primary N) is 1. The van der Waals surface area contributed by atoms with E-state index in [1.54, 1.807) is 30.6 Å². The number of rotatable bonds is 18. The molecule has 0 aliphatic rings. The predicted molar refractivity (Wildman–Crippen MR) is 309 cm³/mol. The highest BCUT2D eigenvalue weighted by Gasteiger charge is 2.24. The van der Waals surface area contributed by atoms with Gasteiger partial charge in [-0.1, -0.05) is 121 Å². The third-order valence-electron chi connectivity index (χ3n) is 12.6. The maximum Gasteiger partial charge on any atom is 0.340 e. The highest BCUT2D eigenvalue weighted by Crippen LogP contribution is 2.39. The smallest absolute Gasteiger partial charge is 0.340 e. The molecule has 0 aliphatic carbocycles. The first-order valence-corrected chi connectivity index (χ1v) is 25.7. The van der Waals surface area contributed by atoms with Gasteiger partial charge in [-0.25, -0.2) is 14.4 Å². The van der Waals surface area contributed by atoms with Gasteiger partial charge in [-0.3, -0.25) is 14.4 Å². The van der Waals surface area contributed by atoms with Gasteiger partial charge in [-0.15, -0.1) is 0 Å². The van der Waals surface area contributed by atoms with Crippen LogP contribution in [0.25, 0.3) is 21.8 Å². The van der Waals surface area contributed by atoms with Crippen LogP contribution < -0.4 is 31.2 Å². The molecule has 0 aliphatic heterocycles. The predicted octanol–water partition coefficient (Wildman–Crippen LogP) is 11.3. The number of aromatic amines is 2. The number of carbonyl (C=O) groups is 6. The Hall–Kier alpha value is -10.2. The molecule has 2 aromatic heterocycles. The molecule has 81 heavy (non-hydrogen) atoms. The minimum Gasteiger partial charge on any atom is -0.506 e. The molecule has 0 atom stereocenters. The van der Waals surface area contributed by atoms with Crippen LogP contribution in [0.3, 0.4) is 0 Å². The van der Waals surface area contributed by atoms with Gasteiger partial charge >= 0.3 is 17.9 Å². The van der Waals surface area contributed by atoms with Crippen molar-refractivity contribution in [1.82, 2.24) is 9.97 Å². The van der Waals surface area contributed by atoms with E-state index in [1.165, 1.54) is 20.8 Å². The van der Waals surface area contributed by atoms with E-state index in [-0.39, 0.29) is 47.9 Å². The third kappa shape index (κ3) is 15.5. The van der Waals surface area contributed by atoms with Gasteiger partial charge in [0.15, 0.2) is 0 Å². The Kier molecular flexibility index (Phi) is 20.2. The largest absolute Gasteiger partial charge is 0.506 e. The number of fused-ring (bicyclic) bond motifs is 2. The van der Waals surface area contributed by atoms with Crippen LogP contribution in [0.1, 0.15) is 90.8 Å². The number of anilines is 3. The summed E-state index contributed by atoms with van der Waals surface area (Å²) in [5.41, 5.74) is 14.4. The molecule has 2 heterocycles. The van der Waals surface area contributed by atoms with E-state index in [9.17, 15) is 39.0 Å². The molecule has 7 aromatic carbocycles. The molecule has 18 nitrogen and oxygen atoms in total. The van der Waals surface area contributed by atoms with Crippen LogP contribution in [-0.2, 0) is 56.7 Å². The number of phenols is 1. The summed E-state index contributed by atoms with van der Waals surface area (Å²) in [5.74, 6) is -2.32. The lowest BCUT2D eigenvalue weighted by Crippen LogP contribution is -2.14. The normalized spacial score (nSPS) is 10.5. The number of aromatic carboxylic acids is 1. The molecule has 0 fully saturated rings. The molecule has 0 spiro atoms. The number of ether oxygens (including phenoxy) is 4. The quantitative estimate of drug-likeness (QED) is 0.0294. The van der Waals surface area contributed by atoms with Crippen molar-refractivity contribution >= 4 is 74.5 Å². The van der Waals surface area contributed by atoms with Crippen molar-refractivity contribution < 1.29 is 57.9 Å². The van der Waals surface area contributed by atoms with Gasteiger partial charge in [0, 0.05) is 43.9 Å². The fraction of sp³-hybridized carbons (Fsp3) is 0.175. The summed E-state index contributed by atoms with van der Waals surface area (Å²) in [4.78, 5) is 77.6. The number of nitrogens with one attached hydrogen (secondary N) is 5. The molecule has 0 saturated heterocycles. The maximum atomic E-state index is 12.9. The van der Waals surface area contributed by atoms with Gasteiger partial charge in [-0.2, -0.15) is 0 Å². The zero-order valence-corrected chi connectivity index (χ0v) is 45.3. The van der Waals surface area contributed by atoms with Gasteiger partial charge in [0.05, 0.1) is 44.8 Å². The molecule has 0 unspecified atom stereocenters. The number of amides is 3. The van der Waals surface area contributed by atoms with Gasteiger partial charge in [-0.05, 0) is 90.0 Å². The van der Waals surface area contributed by atoms with E-state index in [1.807, 2.05) is 135 Å². The van der Waals surface area contributed by atoms with E-state index in [0.29, 0.717) is 82.0 Å². The fourth-order valence-electron chi connectivity index (χ4n) is 8.60. The van der Waals surface area contributed by atoms with Crippen molar-refractivity contribution in [3.8, 4) is 17.2 Å². The van der Waals surface area contributed by atoms with Crippen molar-refractivity contribution in [1.29, 1.82) is 0 Å². The maximum absolute atomic E-state index is 12.9. The summed E-state index contributed by atoms with van der Waals surface area (Å²) in [6.07, 6.45) is 3.84. The van der Waals surface area contributed by atoms with Crippen molar-refractivity contribution in [2.75, 3.05) is 22.5 Å². The fourth-order valence-corrected chi connectivity index (χ4v) is 8.60. The highest BCUT2D eigenvalue weighted by atomic mass is 16.5. The lowest BCUT2D eigenvalue weighted by atomic mass is 10.00. The Morgan fingerprint density at radius 1 is 0.519 bits per heavy atom. The summed E-state index contributed by atoms with van der Waals surface area (Å²) < 4.78 is 23.0. The number of benzene rings is 7. The molecule has 9 rings (SSSR count). The Morgan fingerprint density at radius 3 is 1.44 bits per heavy atom. The van der Waals surface area contributed by atoms with Crippen LogP contribution in [0, 0.1) is 13.8 Å². The summed E-state index contributed by atoms with van der Waals surface area (Å²) in [6, 6.07) is 44.5. The van der Waals surface area contributed by atoms with Gasteiger partial charge in [0.25, 0.3) is 0 Å². The molecule has 0 saturated carbocycles. The molecule has 3 amide bonds. The molecule has 18 heteroatoms. The second-order valence-corrected chi connectivity index (χ2v) is 18.6. The average molecular weight is 1100 g/mol. The summed E-state index contributed by atoms with van der Waals surface area (Å²) >= 11 is 0. The van der Waals surface area contributed by atoms with E-state index in [4.69, 9.17) is 24.7 Å². The number of aromatic hydroxyl groups is 1. The first kappa shape index (κ1) is 58.5. The van der Waals surface area contributed by atoms with Crippen molar-refractivity contribution in [3.05, 3.63) is 214 Å². The third-order valence-corrected chi connectivity index (χ3v) is 12.6. The highest BCUT2D eigenvalue weighted by molar-refractivity contribution is 6.13. The number of carbonyl (C=O) groups excluding carboxylic acids is 5. The van der Waals surface area contributed by atoms with E-state index in [0.717, 1.165) is 45.0 Å². The lowest BCUT2D eigenvalue weighted by molar-refractivity contribution is -0.115. The number of H-pyrrole nitrogens is 2. The van der Waals surface area contributed by atoms with Crippen LogP contribution in [0.15, 0.2) is 158 Å². The second-order valence-electron chi connectivity index (χ2n) is 18.6. The molecule has 9 aromatic rings. The average Bonchev–Trinajstić information content (AvgIpc) is 4.23. The van der Waals surface area contributed by atoms with Gasteiger partial charge < -0.3 is 60.8 Å². The Morgan fingerprint density at radius 2 is 0.963 bits per heavy atom. The van der Waals surface area contributed by atoms with Crippen LogP contribution >= 0.6 is 0 Å². The SMILES string of the molecule is CC(=O)Nc1c(O)cc(C(=O)O)c2[nH]cc(CCN)c12.CC(=O)Nc1c(OCc2ccccc2)cc(C(=O)OCc2ccccc2)c(C)c1C.CC(=O)Nc1c(OCc2ccccc2)cc(C(=O)OCc2ccccc2)c2[nH]ccc12. The van der Waals surface area contributed by atoms with E-state index >= 15 is 0 Å². The standard InChI is InChI=1S/C25H22N2O4.C25H25NO4.C13H15N3O4/c1-17(28)27-24-20-12-13-26-23(20)21(25(29)31-16-19-10-6-3-7-11-19)14-22(24)30-15-18-8-4-2-5-9-18;1-17-18(2)24(26-19(3)27)23(29-15-20-10-6-4-7-11-20)14-22(17)25(28)30-16-21-12-8-5-9-13-21;1-6(17)16-12-9(18)4-8(13(19)20)11-10(12)7(2-3-14)5-15-11/h2-14,26H,15-16H2,1H3,(H,27,28);4-14H,15-16H2,1-3H3,(H,26,27);4-5,15,18H,2-3,14H2,1H3,(H,16,17)(H,19,20). The molecular weight excluding hydrogens is 1030 g/mol. The molecule has 0 bridgehead atoms. The van der Waals surface area contributed by atoms with Crippen LogP contribution in [0.2, 0.25) is 0 Å². The first-order chi connectivity index (χ1) is 39.0. The number of carboxylic acids is 1. The number of hydrogen-bond donors (Lipinski definition) is 8. The molecule has 0 radical (unpaired) electrons. The summed E-state index contributed by atoms with van der Waals surface area (Å²) in [6.45, 7) is 9.19. The summed E-state index contributed by atoms with van der Waals surface area (Å²) in [7, 11) is 0. The second kappa shape index (κ2) is 27.9. The van der Waals surface area contributed by atoms with Gasteiger partial charge in [0.2, 0.25) is 17.7 Å². The molecule has 416 valence electrons. The molecular formula is C63H62N6O12. The van der Waals surface area contributed by atoms with E-state index < -0.39 is 17.9 Å². The van der Waals surface area contributed by atoms with Gasteiger partial charge in [0.1, 0.15) is 43.7 Å². The van der Waals surface area contributed by atoms with Crippen LogP contribution in [0.4, 0.5) is 17.1 Å². The number of aromatic nitrogens is 2. The van der Waals surface area contributed by atoms with E-state index in [2.05, 4.69) is 25.9 Å². The lowest BCUT2D eigenvalue weighted by Gasteiger charge is -2.19. The zero-order valence-electron chi connectivity index (χ0n) is 45.3. The van der Waals surface area contributed by atoms with Crippen molar-refractivity contribution in [2.45, 2.75) is 67.5 Å². The first-order valence-electron chi connectivity index (χ1n) is 25.7. The van der Waals surface area contributed by atoms with Crippen LogP contribution in [-0.4, -0.2) is 62.4 Å². The van der Waals surface area contributed by atoms with Crippen molar-refractivity contribution in [3.63, 3.8) is 0 Å². The number of carboxylic acid groups (broad SMARTS) is 1. The minimum atomic E-state index is -1.17. The summed E-state index contributed by atoms with van der Waals surface area (Å²) in [5, 5.41) is 28.5. The minimum absolute atomic E-state index is 0.0603. The monoisotopic (exact) mass is 1090 g/mol. The van der Waals surface area contributed by atoms with Crippen molar-refractivity contribution in [2.24, 2.45) is 5.73 Å². The number of esters is 2. The van der Waals surface area contributed by atoms with Crippen LogP contribution in [0.5, 0.6) is 17.2 Å². The zero-order chi connectivity index (χ0) is 58.0. The Labute approximate surface area is 467 Å². The Bertz CT molecular complexity index is 3680. The molecule has 9 N–H and O–H groups in total. The topological polar surface area (TPSA) is 273 Å².